The molecule has 1 saturated heterocycles. The van der Waals surface area contributed by atoms with Crippen LogP contribution in [0.5, 0.6) is 0 Å². The number of carboxylic acid groups (broad SMARTS) is 1. The van der Waals surface area contributed by atoms with Gasteiger partial charge in [0.15, 0.2) is 0 Å². The first kappa shape index (κ1) is 12.8. The molecule has 1 aliphatic heterocycles. The van der Waals surface area contributed by atoms with Crippen molar-refractivity contribution in [3.8, 4) is 0 Å². The maximum Gasteiger partial charge on any atom is 0.336 e. The molecule has 7 heteroatoms. The summed E-state index contributed by atoms with van der Waals surface area (Å²) >= 11 is 1.67. The van der Waals surface area contributed by atoms with Crippen LogP contribution in [-0.2, 0) is 0 Å². The summed E-state index contributed by atoms with van der Waals surface area (Å²) < 4.78 is 0. The van der Waals surface area contributed by atoms with Gasteiger partial charge in [-0.2, -0.15) is 11.8 Å². The van der Waals surface area contributed by atoms with E-state index in [0.717, 1.165) is 18.4 Å². The Morgan fingerprint density at radius 3 is 2.89 bits per heavy atom. The summed E-state index contributed by atoms with van der Waals surface area (Å²) in [5.74, 6) is -0.222. The second kappa shape index (κ2) is 5.36. The molecule has 18 heavy (non-hydrogen) atoms. The number of carboxylic acids is 1. The molecular formula is C11H12N2O4S. The lowest BCUT2D eigenvalue weighted by molar-refractivity contribution is -0.384. The third-order valence-electron chi connectivity index (χ3n) is 2.75. The van der Waals surface area contributed by atoms with E-state index in [4.69, 9.17) is 5.11 Å². The highest BCUT2D eigenvalue weighted by molar-refractivity contribution is 7.99. The molecule has 1 fully saturated rings. The van der Waals surface area contributed by atoms with E-state index in [2.05, 4.69) is 5.32 Å². The van der Waals surface area contributed by atoms with Gasteiger partial charge in [-0.15, -0.1) is 0 Å². The van der Waals surface area contributed by atoms with Gasteiger partial charge < -0.3 is 10.4 Å². The second-order valence-corrected chi connectivity index (χ2v) is 5.21. The summed E-state index contributed by atoms with van der Waals surface area (Å²) in [4.78, 5) is 21.3. The third-order valence-corrected chi connectivity index (χ3v) is 4.02. The second-order valence-electron chi connectivity index (χ2n) is 3.90. The number of thioether (sulfide) groups is 1. The van der Waals surface area contributed by atoms with Crippen molar-refractivity contribution in [2.75, 3.05) is 18.8 Å². The average Bonchev–Trinajstić information content (AvgIpc) is 2.39. The number of nitrogens with zero attached hydrogens (tertiary/aromatic N) is 1. The zero-order chi connectivity index (χ0) is 13.1. The highest BCUT2D eigenvalue weighted by Crippen LogP contribution is 2.33. The molecule has 0 aliphatic carbocycles. The SMILES string of the molecule is O=C(O)c1cc([N+](=O)[O-])ccc1C1CNCCS1. The summed E-state index contributed by atoms with van der Waals surface area (Å²) in [5.41, 5.74) is 0.473. The van der Waals surface area contributed by atoms with Gasteiger partial charge >= 0.3 is 5.97 Å². The Balaban J connectivity index is 2.39. The quantitative estimate of drug-likeness (QED) is 0.640. The van der Waals surface area contributed by atoms with Crippen molar-refractivity contribution >= 4 is 23.4 Å². The number of hydrogen-bond acceptors (Lipinski definition) is 5. The maximum absolute atomic E-state index is 11.2. The lowest BCUT2D eigenvalue weighted by Gasteiger charge is -2.23. The Kier molecular flexibility index (Phi) is 3.83. The average molecular weight is 268 g/mol. The highest BCUT2D eigenvalue weighted by atomic mass is 32.2. The van der Waals surface area contributed by atoms with Gasteiger partial charge in [-0.1, -0.05) is 6.07 Å². The Morgan fingerprint density at radius 1 is 1.56 bits per heavy atom. The Hall–Kier alpha value is -1.60. The first-order chi connectivity index (χ1) is 8.59. The number of benzene rings is 1. The molecule has 2 N–H and O–H groups in total. The van der Waals surface area contributed by atoms with E-state index >= 15 is 0 Å². The van der Waals surface area contributed by atoms with Crippen molar-refractivity contribution in [2.45, 2.75) is 5.25 Å². The number of non-ortho nitro benzene ring substituents is 1. The van der Waals surface area contributed by atoms with E-state index in [1.54, 1.807) is 17.8 Å². The van der Waals surface area contributed by atoms with Crippen molar-refractivity contribution in [2.24, 2.45) is 0 Å². The third kappa shape index (κ3) is 2.62. The fourth-order valence-electron chi connectivity index (χ4n) is 1.89. The van der Waals surface area contributed by atoms with Crippen molar-refractivity contribution in [1.82, 2.24) is 5.32 Å². The molecule has 1 heterocycles. The molecular weight excluding hydrogens is 256 g/mol. The summed E-state index contributed by atoms with van der Waals surface area (Å²) in [6.45, 7) is 1.58. The molecule has 0 amide bonds. The summed E-state index contributed by atoms with van der Waals surface area (Å²) in [6, 6.07) is 4.04. The maximum atomic E-state index is 11.2. The van der Waals surface area contributed by atoms with Gasteiger partial charge in [0, 0.05) is 36.2 Å². The van der Waals surface area contributed by atoms with Crippen molar-refractivity contribution in [3.05, 3.63) is 39.4 Å². The van der Waals surface area contributed by atoms with Crippen molar-refractivity contribution in [3.63, 3.8) is 0 Å². The number of carbonyl (C=O) groups is 1. The topological polar surface area (TPSA) is 92.5 Å². The lowest BCUT2D eigenvalue weighted by atomic mass is 10.0. The predicted octanol–water partition coefficient (Wildman–Crippen LogP) is 1.67. The minimum absolute atomic E-state index is 0.0189. The normalized spacial score (nSPS) is 19.4. The molecule has 1 aliphatic rings. The van der Waals surface area contributed by atoms with Gasteiger partial charge in [-0.25, -0.2) is 4.79 Å². The molecule has 1 aromatic carbocycles. The molecule has 0 spiro atoms. The number of rotatable bonds is 3. The van der Waals surface area contributed by atoms with Crippen LogP contribution in [0.4, 0.5) is 5.69 Å². The Labute approximate surface area is 108 Å². The van der Waals surface area contributed by atoms with Gasteiger partial charge in [-0.3, -0.25) is 10.1 Å². The van der Waals surface area contributed by atoms with E-state index in [0.29, 0.717) is 12.1 Å². The van der Waals surface area contributed by atoms with E-state index in [1.165, 1.54) is 6.07 Å². The van der Waals surface area contributed by atoms with Gasteiger partial charge in [0.25, 0.3) is 5.69 Å². The number of nitrogens with one attached hydrogen (secondary N) is 1. The van der Waals surface area contributed by atoms with Crippen LogP contribution in [0.25, 0.3) is 0 Å². The number of nitro benzene ring substituents is 1. The van der Waals surface area contributed by atoms with Crippen LogP contribution < -0.4 is 5.32 Å². The van der Waals surface area contributed by atoms with Gasteiger partial charge in [-0.05, 0) is 5.56 Å². The minimum Gasteiger partial charge on any atom is -0.478 e. The van der Waals surface area contributed by atoms with Crippen LogP contribution >= 0.6 is 11.8 Å². The molecule has 0 aromatic heterocycles. The monoisotopic (exact) mass is 268 g/mol. The zero-order valence-electron chi connectivity index (χ0n) is 9.46. The molecule has 1 unspecified atom stereocenters. The minimum atomic E-state index is -1.13. The molecule has 6 nitrogen and oxygen atoms in total. The zero-order valence-corrected chi connectivity index (χ0v) is 10.3. The van der Waals surface area contributed by atoms with E-state index in [1.807, 2.05) is 0 Å². The molecule has 1 aromatic rings. The van der Waals surface area contributed by atoms with Gasteiger partial charge in [0.2, 0.25) is 0 Å². The first-order valence-electron chi connectivity index (χ1n) is 5.43. The molecule has 0 bridgehead atoms. The molecule has 2 rings (SSSR count). The smallest absolute Gasteiger partial charge is 0.336 e. The lowest BCUT2D eigenvalue weighted by Crippen LogP contribution is -2.28. The van der Waals surface area contributed by atoms with Crippen LogP contribution in [0.3, 0.4) is 0 Å². The predicted molar refractivity (Wildman–Crippen MR) is 68.1 cm³/mol. The molecule has 96 valence electrons. The van der Waals surface area contributed by atoms with Crippen molar-refractivity contribution in [1.29, 1.82) is 0 Å². The van der Waals surface area contributed by atoms with Crippen LogP contribution in [0.15, 0.2) is 18.2 Å². The first-order valence-corrected chi connectivity index (χ1v) is 6.48. The van der Waals surface area contributed by atoms with Crippen LogP contribution in [0.2, 0.25) is 0 Å². The largest absolute Gasteiger partial charge is 0.478 e. The Morgan fingerprint density at radius 2 is 2.33 bits per heavy atom. The van der Waals surface area contributed by atoms with Crippen LogP contribution in [-0.4, -0.2) is 34.8 Å². The molecule has 0 radical (unpaired) electrons. The summed E-state index contributed by atoms with van der Waals surface area (Å²) in [6.07, 6.45) is 0. The van der Waals surface area contributed by atoms with E-state index < -0.39 is 10.9 Å². The standard InChI is InChI=1S/C11H12N2O4S/c14-11(15)9-5-7(13(16)17)1-2-8(9)10-6-12-3-4-18-10/h1-2,5,10,12H,3-4,6H2,(H,14,15). The highest BCUT2D eigenvalue weighted by Gasteiger charge is 2.23. The Bertz CT molecular complexity index is 486. The molecule has 0 saturated carbocycles. The summed E-state index contributed by atoms with van der Waals surface area (Å²) in [7, 11) is 0. The number of aromatic carboxylic acids is 1. The van der Waals surface area contributed by atoms with Crippen LogP contribution in [0.1, 0.15) is 21.2 Å². The fraction of sp³-hybridized carbons (Fsp3) is 0.364. The van der Waals surface area contributed by atoms with Crippen LogP contribution in [0, 0.1) is 10.1 Å². The van der Waals surface area contributed by atoms with E-state index in [9.17, 15) is 14.9 Å². The molecule has 1 atom stereocenters. The fourth-order valence-corrected chi connectivity index (χ4v) is 3.06. The van der Waals surface area contributed by atoms with Gasteiger partial charge in [0.1, 0.15) is 0 Å². The summed E-state index contributed by atoms with van der Waals surface area (Å²) in [5, 5.41) is 23.0. The number of nitro groups is 1. The van der Waals surface area contributed by atoms with Gasteiger partial charge in [0.05, 0.1) is 10.5 Å². The number of hydrogen-bond donors (Lipinski definition) is 2. The van der Waals surface area contributed by atoms with Crippen molar-refractivity contribution < 1.29 is 14.8 Å². The van der Waals surface area contributed by atoms with E-state index in [-0.39, 0.29) is 16.5 Å².